The Balaban J connectivity index is 1.37. The molecule has 0 atom stereocenters. The number of rotatable bonds is 4. The molecule has 2 fully saturated rings. The molecule has 3 heterocycles. The second kappa shape index (κ2) is 7.62. The van der Waals surface area contributed by atoms with Crippen molar-refractivity contribution in [3.05, 3.63) is 58.9 Å². The fourth-order valence-electron chi connectivity index (χ4n) is 3.37. The third kappa shape index (κ3) is 3.79. The minimum Gasteiger partial charge on any atom is -0.465 e. The molecule has 0 saturated carbocycles. The van der Waals surface area contributed by atoms with Gasteiger partial charge < -0.3 is 9.32 Å². The van der Waals surface area contributed by atoms with Gasteiger partial charge >= 0.3 is 0 Å². The molecule has 2 saturated heterocycles. The zero-order valence-electron chi connectivity index (χ0n) is 15.1. The molecule has 6 nitrogen and oxygen atoms in total. The van der Waals surface area contributed by atoms with Gasteiger partial charge in [-0.2, -0.15) is 0 Å². The van der Waals surface area contributed by atoms with Gasteiger partial charge in [0.05, 0.1) is 17.8 Å². The molecule has 27 heavy (non-hydrogen) atoms. The number of carbonyl (C=O) groups is 2. The summed E-state index contributed by atoms with van der Waals surface area (Å²) in [6, 6.07) is 11.9. The van der Waals surface area contributed by atoms with Crippen LogP contribution in [0.15, 0.2) is 52.0 Å². The van der Waals surface area contributed by atoms with E-state index in [4.69, 9.17) is 4.42 Å². The van der Waals surface area contributed by atoms with Crippen LogP contribution in [0.5, 0.6) is 0 Å². The molecule has 0 radical (unpaired) electrons. The number of thioether (sulfide) groups is 1. The van der Waals surface area contributed by atoms with Gasteiger partial charge in [-0.1, -0.05) is 18.2 Å². The van der Waals surface area contributed by atoms with Crippen molar-refractivity contribution in [3.8, 4) is 0 Å². The predicted molar refractivity (Wildman–Crippen MR) is 106 cm³/mol. The zero-order valence-corrected chi connectivity index (χ0v) is 15.9. The Labute approximate surface area is 162 Å². The summed E-state index contributed by atoms with van der Waals surface area (Å²) in [6.07, 6.45) is 3.17. The van der Waals surface area contributed by atoms with Crippen LogP contribution in [0.4, 0.5) is 10.5 Å². The Kier molecular flexibility index (Phi) is 5.05. The fourth-order valence-corrected chi connectivity index (χ4v) is 4.18. The van der Waals surface area contributed by atoms with Gasteiger partial charge in [-0.25, -0.2) is 0 Å². The number of para-hydroxylation sites is 1. The molecule has 2 aliphatic heterocycles. The molecule has 0 bridgehead atoms. The van der Waals surface area contributed by atoms with E-state index in [-0.39, 0.29) is 11.1 Å². The summed E-state index contributed by atoms with van der Waals surface area (Å²) >= 11 is 0.969. The number of imide groups is 1. The maximum absolute atomic E-state index is 12.6. The lowest BCUT2D eigenvalue weighted by atomic mass is 10.1. The van der Waals surface area contributed by atoms with Crippen molar-refractivity contribution in [1.29, 1.82) is 0 Å². The highest BCUT2D eigenvalue weighted by Gasteiger charge is 2.36. The molecule has 0 aliphatic carbocycles. The average Bonchev–Trinajstić information content (AvgIpc) is 3.27. The first-order chi connectivity index (χ1) is 13.1. The Bertz CT molecular complexity index is 870. The molecule has 0 N–H and O–H groups in total. The SMILES string of the molecule is Cc1ccccc1N1CCN(CN2C(=O)S/C(=C/c3ccco3)C2=O)CC1. The number of hydrogen-bond donors (Lipinski definition) is 0. The van der Waals surface area contributed by atoms with Crippen LogP contribution in [0.1, 0.15) is 11.3 Å². The number of furan rings is 1. The Morgan fingerprint density at radius 2 is 1.85 bits per heavy atom. The maximum Gasteiger partial charge on any atom is 0.294 e. The van der Waals surface area contributed by atoms with E-state index < -0.39 is 0 Å². The molecule has 2 amide bonds. The fraction of sp³-hybridized carbons (Fsp3) is 0.300. The molecule has 0 unspecified atom stereocenters. The third-order valence-electron chi connectivity index (χ3n) is 4.86. The summed E-state index contributed by atoms with van der Waals surface area (Å²) in [5.41, 5.74) is 2.52. The van der Waals surface area contributed by atoms with E-state index >= 15 is 0 Å². The lowest BCUT2D eigenvalue weighted by Gasteiger charge is -2.37. The highest BCUT2D eigenvalue weighted by molar-refractivity contribution is 8.18. The number of piperazine rings is 1. The normalized spacial score (nSPS) is 20.1. The Hall–Kier alpha value is -2.51. The van der Waals surface area contributed by atoms with Gasteiger partial charge in [0.2, 0.25) is 0 Å². The number of carbonyl (C=O) groups excluding carboxylic acids is 2. The number of anilines is 1. The van der Waals surface area contributed by atoms with E-state index in [2.05, 4.69) is 34.9 Å². The summed E-state index contributed by atoms with van der Waals surface area (Å²) in [7, 11) is 0. The Morgan fingerprint density at radius 1 is 1.07 bits per heavy atom. The molecular weight excluding hydrogens is 362 g/mol. The minimum atomic E-state index is -0.247. The summed E-state index contributed by atoms with van der Waals surface area (Å²) in [4.78, 5) is 31.1. The topological polar surface area (TPSA) is 57.0 Å². The number of benzene rings is 1. The van der Waals surface area contributed by atoms with E-state index in [1.165, 1.54) is 16.2 Å². The second-order valence-corrected chi connectivity index (χ2v) is 7.65. The lowest BCUT2D eigenvalue weighted by molar-refractivity contribution is -0.124. The van der Waals surface area contributed by atoms with Gasteiger partial charge in [0.25, 0.3) is 11.1 Å². The van der Waals surface area contributed by atoms with Crippen LogP contribution in [0.3, 0.4) is 0 Å². The highest BCUT2D eigenvalue weighted by atomic mass is 32.2. The molecule has 1 aromatic heterocycles. The second-order valence-electron chi connectivity index (χ2n) is 6.66. The van der Waals surface area contributed by atoms with Crippen LogP contribution in [-0.2, 0) is 4.79 Å². The first-order valence-electron chi connectivity index (χ1n) is 8.93. The van der Waals surface area contributed by atoms with Gasteiger partial charge in [0, 0.05) is 37.9 Å². The molecule has 0 spiro atoms. The number of hydrogen-bond acceptors (Lipinski definition) is 6. The number of amides is 2. The van der Waals surface area contributed by atoms with Crippen LogP contribution in [-0.4, -0.2) is 53.8 Å². The van der Waals surface area contributed by atoms with Crippen LogP contribution in [0.2, 0.25) is 0 Å². The van der Waals surface area contributed by atoms with Crippen LogP contribution in [0.25, 0.3) is 6.08 Å². The van der Waals surface area contributed by atoms with Crippen LogP contribution >= 0.6 is 11.8 Å². The third-order valence-corrected chi connectivity index (χ3v) is 5.77. The number of nitrogens with zero attached hydrogens (tertiary/aromatic N) is 3. The van der Waals surface area contributed by atoms with E-state index in [0.717, 1.165) is 37.9 Å². The van der Waals surface area contributed by atoms with E-state index in [1.807, 2.05) is 6.07 Å². The summed E-state index contributed by atoms with van der Waals surface area (Å²) in [5.74, 6) is 0.329. The largest absolute Gasteiger partial charge is 0.465 e. The van der Waals surface area contributed by atoms with E-state index in [9.17, 15) is 9.59 Å². The molecule has 1 aromatic carbocycles. The van der Waals surface area contributed by atoms with Gasteiger partial charge in [-0.3, -0.25) is 19.4 Å². The summed E-state index contributed by atoms with van der Waals surface area (Å²) in [6.45, 7) is 5.84. The monoisotopic (exact) mass is 383 g/mol. The quantitative estimate of drug-likeness (QED) is 0.754. The summed E-state index contributed by atoms with van der Waals surface area (Å²) < 4.78 is 5.24. The molecule has 140 valence electrons. The van der Waals surface area contributed by atoms with Gasteiger partial charge in [-0.05, 0) is 42.4 Å². The van der Waals surface area contributed by atoms with Gasteiger partial charge in [0.15, 0.2) is 0 Å². The van der Waals surface area contributed by atoms with Crippen LogP contribution in [0, 0.1) is 6.92 Å². The van der Waals surface area contributed by atoms with E-state index in [1.54, 1.807) is 24.5 Å². The van der Waals surface area contributed by atoms with E-state index in [0.29, 0.717) is 17.3 Å². The van der Waals surface area contributed by atoms with Crippen molar-refractivity contribution < 1.29 is 14.0 Å². The van der Waals surface area contributed by atoms with Crippen LogP contribution < -0.4 is 4.90 Å². The standard InChI is InChI=1S/C20H21N3O3S/c1-15-5-2-3-7-17(15)22-10-8-21(9-11-22)14-23-19(24)18(27-20(23)25)13-16-6-4-12-26-16/h2-7,12-13H,8-11,14H2,1H3/b18-13+. The van der Waals surface area contributed by atoms with Crippen molar-refractivity contribution in [1.82, 2.24) is 9.80 Å². The van der Waals surface area contributed by atoms with Gasteiger partial charge in [0.1, 0.15) is 5.76 Å². The maximum atomic E-state index is 12.6. The summed E-state index contributed by atoms with van der Waals surface area (Å²) in [5, 5.41) is -0.223. The van der Waals surface area contributed by atoms with Gasteiger partial charge in [-0.15, -0.1) is 0 Å². The average molecular weight is 383 g/mol. The first-order valence-corrected chi connectivity index (χ1v) is 9.75. The molecule has 7 heteroatoms. The Morgan fingerprint density at radius 3 is 2.56 bits per heavy atom. The molecule has 4 rings (SSSR count). The van der Waals surface area contributed by atoms with Crippen molar-refractivity contribution in [2.24, 2.45) is 0 Å². The van der Waals surface area contributed by atoms with Crippen molar-refractivity contribution in [2.45, 2.75) is 6.92 Å². The number of aryl methyl sites for hydroxylation is 1. The molecule has 2 aliphatic rings. The molecule has 2 aromatic rings. The predicted octanol–water partition coefficient (Wildman–Crippen LogP) is 3.40. The van der Waals surface area contributed by atoms with Crippen molar-refractivity contribution in [2.75, 3.05) is 37.7 Å². The van der Waals surface area contributed by atoms with Crippen molar-refractivity contribution in [3.63, 3.8) is 0 Å². The smallest absolute Gasteiger partial charge is 0.294 e. The molecular formula is C20H21N3O3S. The minimum absolute atomic E-state index is 0.223. The zero-order chi connectivity index (χ0) is 18.8. The van der Waals surface area contributed by atoms with Crippen molar-refractivity contribution >= 4 is 34.7 Å². The first kappa shape index (κ1) is 17.9. The lowest BCUT2D eigenvalue weighted by Crippen LogP contribution is -2.51. The highest BCUT2D eigenvalue weighted by Crippen LogP contribution is 2.32.